The second-order valence-corrected chi connectivity index (χ2v) is 5.70. The van der Waals surface area contributed by atoms with Crippen LogP contribution >= 0.6 is 0 Å². The maximum absolute atomic E-state index is 11.9. The molecule has 1 amide bonds. The summed E-state index contributed by atoms with van der Waals surface area (Å²) in [5.74, 6) is -0.245. The van der Waals surface area contributed by atoms with Crippen LogP contribution in [0.3, 0.4) is 0 Å². The van der Waals surface area contributed by atoms with Gasteiger partial charge >= 0.3 is 12.1 Å². The quantitative estimate of drug-likeness (QED) is 0.705. The molecule has 0 bridgehead atoms. The van der Waals surface area contributed by atoms with Crippen molar-refractivity contribution in [1.29, 1.82) is 0 Å². The molecular formula is C13H24N2O4. The summed E-state index contributed by atoms with van der Waals surface area (Å²) in [7, 11) is 1.38. The highest BCUT2D eigenvalue weighted by molar-refractivity contribution is 5.75. The fraction of sp³-hybridized carbons (Fsp3) is 0.846. The van der Waals surface area contributed by atoms with Crippen LogP contribution in [0.2, 0.25) is 0 Å². The van der Waals surface area contributed by atoms with Crippen LogP contribution in [0.15, 0.2) is 0 Å². The van der Waals surface area contributed by atoms with E-state index in [1.54, 1.807) is 4.90 Å². The van der Waals surface area contributed by atoms with Gasteiger partial charge in [0.2, 0.25) is 0 Å². The Morgan fingerprint density at radius 3 is 2.05 bits per heavy atom. The molecule has 0 radical (unpaired) electrons. The van der Waals surface area contributed by atoms with Crippen molar-refractivity contribution in [3.63, 3.8) is 0 Å². The van der Waals surface area contributed by atoms with Crippen LogP contribution in [0.4, 0.5) is 4.79 Å². The van der Waals surface area contributed by atoms with Crippen LogP contribution in [-0.4, -0.2) is 66.8 Å². The molecule has 1 aliphatic rings. The van der Waals surface area contributed by atoms with Crippen molar-refractivity contribution in [2.75, 3.05) is 33.3 Å². The fourth-order valence-electron chi connectivity index (χ4n) is 1.94. The Morgan fingerprint density at radius 1 is 1.11 bits per heavy atom. The molecule has 0 saturated carbocycles. The smallest absolute Gasteiger partial charge is 0.410 e. The monoisotopic (exact) mass is 272 g/mol. The predicted octanol–water partition coefficient (Wildman–Crippen LogP) is 1.10. The van der Waals surface area contributed by atoms with E-state index < -0.39 is 5.60 Å². The summed E-state index contributed by atoms with van der Waals surface area (Å²) < 4.78 is 10.0. The lowest BCUT2D eigenvalue weighted by Crippen LogP contribution is -2.54. The fourth-order valence-corrected chi connectivity index (χ4v) is 1.94. The molecule has 0 N–H and O–H groups in total. The van der Waals surface area contributed by atoms with Gasteiger partial charge in [-0.2, -0.15) is 0 Å². The Morgan fingerprint density at radius 2 is 1.63 bits per heavy atom. The molecule has 0 unspecified atom stereocenters. The summed E-state index contributed by atoms with van der Waals surface area (Å²) in [4.78, 5) is 27.0. The highest BCUT2D eigenvalue weighted by Gasteiger charge is 2.29. The van der Waals surface area contributed by atoms with Crippen LogP contribution in [0.1, 0.15) is 27.7 Å². The molecule has 1 saturated heterocycles. The van der Waals surface area contributed by atoms with Gasteiger partial charge in [0.1, 0.15) is 11.6 Å². The summed E-state index contributed by atoms with van der Waals surface area (Å²) in [6.45, 7) is 9.79. The maximum atomic E-state index is 11.9. The molecule has 1 fully saturated rings. The molecule has 0 aromatic carbocycles. The molecular weight excluding hydrogens is 248 g/mol. The minimum atomic E-state index is -0.479. The van der Waals surface area contributed by atoms with Crippen LogP contribution in [0.5, 0.6) is 0 Å². The number of hydrogen-bond acceptors (Lipinski definition) is 5. The van der Waals surface area contributed by atoms with E-state index in [-0.39, 0.29) is 18.1 Å². The van der Waals surface area contributed by atoms with Crippen LogP contribution in [0, 0.1) is 0 Å². The third kappa shape index (κ3) is 4.70. The van der Waals surface area contributed by atoms with E-state index in [4.69, 9.17) is 9.47 Å². The SMILES string of the molecule is COC(=O)[C@@H](C)N1CCN(C(=O)OC(C)(C)C)CC1. The van der Waals surface area contributed by atoms with Crippen molar-refractivity contribution in [1.82, 2.24) is 9.80 Å². The summed E-state index contributed by atoms with van der Waals surface area (Å²) >= 11 is 0. The van der Waals surface area contributed by atoms with E-state index in [1.165, 1.54) is 7.11 Å². The number of esters is 1. The third-order valence-electron chi connectivity index (χ3n) is 3.06. The number of amides is 1. The first kappa shape index (κ1) is 15.8. The highest BCUT2D eigenvalue weighted by atomic mass is 16.6. The molecule has 19 heavy (non-hydrogen) atoms. The first-order valence-electron chi connectivity index (χ1n) is 6.54. The number of piperazine rings is 1. The Bertz CT molecular complexity index is 330. The number of methoxy groups -OCH3 is 1. The van der Waals surface area contributed by atoms with Crippen molar-refractivity contribution in [2.45, 2.75) is 39.3 Å². The summed E-state index contributed by atoms with van der Waals surface area (Å²) in [6, 6.07) is -0.272. The molecule has 110 valence electrons. The van der Waals surface area contributed by atoms with Gasteiger partial charge in [-0.1, -0.05) is 0 Å². The molecule has 0 spiro atoms. The van der Waals surface area contributed by atoms with Crippen LogP contribution in [0.25, 0.3) is 0 Å². The van der Waals surface area contributed by atoms with Gasteiger partial charge in [0.15, 0.2) is 0 Å². The molecule has 1 aliphatic heterocycles. The lowest BCUT2D eigenvalue weighted by atomic mass is 10.2. The first-order valence-corrected chi connectivity index (χ1v) is 6.54. The number of rotatable bonds is 2. The Hall–Kier alpha value is -1.30. The Kier molecular flexibility index (Phi) is 5.17. The van der Waals surface area contributed by atoms with Crippen molar-refractivity contribution < 1.29 is 19.1 Å². The molecule has 0 aromatic rings. The van der Waals surface area contributed by atoms with E-state index in [0.717, 1.165) is 0 Å². The first-order chi connectivity index (χ1) is 8.74. The van der Waals surface area contributed by atoms with Gasteiger partial charge in [-0.15, -0.1) is 0 Å². The normalized spacial score (nSPS) is 18.9. The van der Waals surface area contributed by atoms with Gasteiger partial charge < -0.3 is 14.4 Å². The topological polar surface area (TPSA) is 59.1 Å². The van der Waals surface area contributed by atoms with Crippen LogP contribution in [-0.2, 0) is 14.3 Å². The number of carbonyl (C=O) groups excluding carboxylic acids is 2. The molecule has 6 nitrogen and oxygen atoms in total. The molecule has 0 aliphatic carbocycles. The summed E-state index contributed by atoms with van der Waals surface area (Å²) in [5.41, 5.74) is -0.479. The van der Waals surface area contributed by atoms with Gasteiger partial charge in [-0.05, 0) is 27.7 Å². The zero-order valence-electron chi connectivity index (χ0n) is 12.4. The van der Waals surface area contributed by atoms with E-state index in [1.807, 2.05) is 32.6 Å². The number of nitrogens with zero attached hydrogens (tertiary/aromatic N) is 2. The van der Waals surface area contributed by atoms with E-state index in [9.17, 15) is 9.59 Å². The molecule has 0 aromatic heterocycles. The van der Waals surface area contributed by atoms with Gasteiger partial charge in [0.25, 0.3) is 0 Å². The zero-order valence-corrected chi connectivity index (χ0v) is 12.4. The van der Waals surface area contributed by atoms with E-state index in [0.29, 0.717) is 26.2 Å². The van der Waals surface area contributed by atoms with Crippen molar-refractivity contribution in [3.05, 3.63) is 0 Å². The maximum Gasteiger partial charge on any atom is 0.410 e. The lowest BCUT2D eigenvalue weighted by molar-refractivity contribution is -0.146. The molecule has 1 heterocycles. The third-order valence-corrected chi connectivity index (χ3v) is 3.06. The second kappa shape index (κ2) is 6.23. The lowest BCUT2D eigenvalue weighted by Gasteiger charge is -2.37. The zero-order chi connectivity index (χ0) is 14.6. The Labute approximate surface area is 114 Å². The van der Waals surface area contributed by atoms with Gasteiger partial charge in [-0.25, -0.2) is 4.79 Å². The van der Waals surface area contributed by atoms with E-state index >= 15 is 0 Å². The number of ether oxygens (including phenoxy) is 2. The van der Waals surface area contributed by atoms with E-state index in [2.05, 4.69) is 0 Å². The largest absolute Gasteiger partial charge is 0.468 e. The molecule has 6 heteroatoms. The summed E-state index contributed by atoms with van der Waals surface area (Å²) in [6.07, 6.45) is -0.294. The minimum absolute atomic E-state index is 0.245. The van der Waals surface area contributed by atoms with Crippen molar-refractivity contribution >= 4 is 12.1 Å². The van der Waals surface area contributed by atoms with Crippen molar-refractivity contribution in [3.8, 4) is 0 Å². The average Bonchev–Trinajstić information content (AvgIpc) is 2.35. The molecule has 1 rings (SSSR count). The second-order valence-electron chi connectivity index (χ2n) is 5.70. The highest BCUT2D eigenvalue weighted by Crippen LogP contribution is 2.13. The summed E-state index contributed by atoms with van der Waals surface area (Å²) in [5, 5.41) is 0. The van der Waals surface area contributed by atoms with Crippen LogP contribution < -0.4 is 0 Å². The minimum Gasteiger partial charge on any atom is -0.468 e. The average molecular weight is 272 g/mol. The van der Waals surface area contributed by atoms with Gasteiger partial charge in [-0.3, -0.25) is 9.69 Å². The van der Waals surface area contributed by atoms with Gasteiger partial charge in [0, 0.05) is 26.2 Å². The Balaban J connectivity index is 2.45. The molecule has 1 atom stereocenters. The number of hydrogen-bond donors (Lipinski definition) is 0. The standard InChI is InChI=1S/C13H24N2O4/c1-10(11(16)18-5)14-6-8-15(9-7-14)12(17)19-13(2,3)4/h10H,6-9H2,1-5H3/t10-/m1/s1. The van der Waals surface area contributed by atoms with Gasteiger partial charge in [0.05, 0.1) is 7.11 Å². The predicted molar refractivity (Wildman–Crippen MR) is 70.9 cm³/mol. The number of carbonyl (C=O) groups is 2. The van der Waals surface area contributed by atoms with Crippen molar-refractivity contribution in [2.24, 2.45) is 0 Å².